The van der Waals surface area contributed by atoms with Crippen molar-refractivity contribution in [2.75, 3.05) is 19.4 Å². The van der Waals surface area contributed by atoms with Crippen LogP contribution in [-0.2, 0) is 6.42 Å². The van der Waals surface area contributed by atoms with E-state index in [1.54, 1.807) is 18.9 Å². The number of hydrogen-bond acceptors (Lipinski definition) is 5. The number of methoxy groups -OCH3 is 1. The Balaban J connectivity index is 1.31. The first-order valence-corrected chi connectivity index (χ1v) is 11.2. The number of aliphatic imine (C=N–C) groups is 1. The second-order valence-electron chi connectivity index (χ2n) is 6.70. The lowest BCUT2D eigenvalue weighted by atomic mass is 10.1. The fourth-order valence-electron chi connectivity index (χ4n) is 3.07. The Morgan fingerprint density at radius 1 is 1.14 bits per heavy atom. The molecular weight excluding hydrogens is 386 g/mol. The van der Waals surface area contributed by atoms with Gasteiger partial charge in [0.1, 0.15) is 5.75 Å². The summed E-state index contributed by atoms with van der Waals surface area (Å²) in [7, 11) is 1.69. The number of rotatable bonds is 7. The number of thioether (sulfide) groups is 2. The third-order valence-corrected chi connectivity index (χ3v) is 7.12. The predicted molar refractivity (Wildman–Crippen MR) is 119 cm³/mol. The fourth-order valence-corrected chi connectivity index (χ4v) is 5.28. The van der Waals surface area contributed by atoms with Gasteiger partial charge in [-0.1, -0.05) is 42.1 Å². The maximum absolute atomic E-state index is 5.23. The molecular formula is C22H23N3OS2. The SMILES string of the molecule is COc1ccc(C2=NC[C@@H](CSc3nc(Cc4ccccc4)c(C)[nH]3)S2)cc1. The molecule has 0 unspecified atom stereocenters. The minimum Gasteiger partial charge on any atom is -0.497 e. The summed E-state index contributed by atoms with van der Waals surface area (Å²) >= 11 is 3.64. The van der Waals surface area contributed by atoms with E-state index >= 15 is 0 Å². The van der Waals surface area contributed by atoms with Gasteiger partial charge in [-0.15, -0.1) is 11.8 Å². The van der Waals surface area contributed by atoms with Gasteiger partial charge >= 0.3 is 0 Å². The van der Waals surface area contributed by atoms with Crippen molar-refractivity contribution < 1.29 is 4.74 Å². The standard InChI is InChI=1S/C22H23N3OS2/c1-15-20(12-16-6-4-3-5-7-16)25-22(24-15)27-14-19-13-23-21(28-19)17-8-10-18(26-2)11-9-17/h3-11,19H,12-14H2,1-2H3,(H,24,25)/t19-/m0/s1. The van der Waals surface area contributed by atoms with Gasteiger partial charge in [-0.2, -0.15) is 0 Å². The van der Waals surface area contributed by atoms with Crippen molar-refractivity contribution in [3.8, 4) is 5.75 Å². The fraction of sp³-hybridized carbons (Fsp3) is 0.273. The van der Waals surface area contributed by atoms with Crippen LogP contribution in [-0.4, -0.2) is 39.7 Å². The first-order valence-electron chi connectivity index (χ1n) is 9.29. The number of hydrogen-bond donors (Lipinski definition) is 1. The Kier molecular flexibility index (Phi) is 6.07. The largest absolute Gasteiger partial charge is 0.497 e. The highest BCUT2D eigenvalue weighted by Gasteiger charge is 2.21. The van der Waals surface area contributed by atoms with Gasteiger partial charge in [-0.3, -0.25) is 4.99 Å². The number of aryl methyl sites for hydroxylation is 1. The van der Waals surface area contributed by atoms with Crippen LogP contribution in [0.4, 0.5) is 0 Å². The Labute approximate surface area is 174 Å². The van der Waals surface area contributed by atoms with Gasteiger partial charge < -0.3 is 9.72 Å². The van der Waals surface area contributed by atoms with E-state index in [-0.39, 0.29) is 0 Å². The van der Waals surface area contributed by atoms with Crippen LogP contribution in [0.15, 0.2) is 64.7 Å². The first kappa shape index (κ1) is 19.2. The lowest BCUT2D eigenvalue weighted by Crippen LogP contribution is -2.07. The van der Waals surface area contributed by atoms with Gasteiger partial charge in [-0.25, -0.2) is 4.98 Å². The molecule has 0 bridgehead atoms. The van der Waals surface area contributed by atoms with Crippen LogP contribution in [0.1, 0.15) is 22.5 Å². The Morgan fingerprint density at radius 2 is 1.93 bits per heavy atom. The highest BCUT2D eigenvalue weighted by Crippen LogP contribution is 2.31. The topological polar surface area (TPSA) is 50.3 Å². The second-order valence-corrected chi connectivity index (χ2v) is 9.00. The van der Waals surface area contributed by atoms with Crippen LogP contribution in [0, 0.1) is 6.92 Å². The van der Waals surface area contributed by atoms with Gasteiger partial charge in [-0.05, 0) is 36.8 Å². The molecule has 2 aromatic carbocycles. The minimum atomic E-state index is 0.477. The zero-order chi connectivity index (χ0) is 19.3. The zero-order valence-electron chi connectivity index (χ0n) is 16.0. The summed E-state index contributed by atoms with van der Waals surface area (Å²) in [5, 5.41) is 2.60. The number of imidazole rings is 1. The molecule has 6 heteroatoms. The number of benzene rings is 2. The van der Waals surface area contributed by atoms with E-state index in [2.05, 4.69) is 48.3 Å². The molecule has 0 fully saturated rings. The molecule has 1 atom stereocenters. The van der Waals surface area contributed by atoms with Crippen molar-refractivity contribution in [2.45, 2.75) is 23.8 Å². The average molecular weight is 410 g/mol. The molecule has 4 rings (SSSR count). The molecule has 144 valence electrons. The molecule has 28 heavy (non-hydrogen) atoms. The molecule has 0 saturated heterocycles. The molecule has 3 aromatic rings. The third-order valence-electron chi connectivity index (χ3n) is 4.64. The number of nitrogens with zero attached hydrogens (tertiary/aromatic N) is 2. The Morgan fingerprint density at radius 3 is 2.68 bits per heavy atom. The van der Waals surface area contributed by atoms with Crippen molar-refractivity contribution in [3.05, 3.63) is 77.1 Å². The van der Waals surface area contributed by atoms with Crippen molar-refractivity contribution in [1.29, 1.82) is 0 Å². The van der Waals surface area contributed by atoms with Crippen molar-refractivity contribution in [3.63, 3.8) is 0 Å². The minimum absolute atomic E-state index is 0.477. The monoisotopic (exact) mass is 409 g/mol. The van der Waals surface area contributed by atoms with Crippen molar-refractivity contribution in [1.82, 2.24) is 9.97 Å². The van der Waals surface area contributed by atoms with Gasteiger partial charge in [0.25, 0.3) is 0 Å². The van der Waals surface area contributed by atoms with E-state index in [4.69, 9.17) is 14.7 Å². The van der Waals surface area contributed by atoms with Gasteiger partial charge in [0.2, 0.25) is 0 Å². The van der Waals surface area contributed by atoms with Gasteiger partial charge in [0.15, 0.2) is 5.16 Å². The van der Waals surface area contributed by atoms with Crippen LogP contribution >= 0.6 is 23.5 Å². The molecule has 4 nitrogen and oxygen atoms in total. The molecule has 1 aromatic heterocycles. The molecule has 0 saturated carbocycles. The summed E-state index contributed by atoms with van der Waals surface area (Å²) in [5.41, 5.74) is 4.73. The van der Waals surface area contributed by atoms with Crippen LogP contribution in [0.2, 0.25) is 0 Å². The molecule has 1 N–H and O–H groups in total. The quantitative estimate of drug-likeness (QED) is 0.560. The smallest absolute Gasteiger partial charge is 0.165 e. The average Bonchev–Trinajstić information content (AvgIpc) is 3.34. The van der Waals surface area contributed by atoms with Gasteiger partial charge in [0, 0.05) is 28.7 Å². The number of H-pyrrole nitrogens is 1. The molecule has 1 aliphatic heterocycles. The highest BCUT2D eigenvalue weighted by molar-refractivity contribution is 8.16. The molecule has 2 heterocycles. The summed E-state index contributed by atoms with van der Waals surface area (Å²) in [5.74, 6) is 1.87. The van der Waals surface area contributed by atoms with E-state index in [9.17, 15) is 0 Å². The maximum Gasteiger partial charge on any atom is 0.165 e. The molecule has 0 amide bonds. The lowest BCUT2D eigenvalue weighted by Gasteiger charge is -2.07. The zero-order valence-corrected chi connectivity index (χ0v) is 17.6. The predicted octanol–water partition coefficient (Wildman–Crippen LogP) is 4.97. The molecule has 1 aliphatic rings. The summed E-state index contributed by atoms with van der Waals surface area (Å²) < 4.78 is 5.23. The molecule has 0 aliphatic carbocycles. The Bertz CT molecular complexity index is 952. The number of aromatic amines is 1. The summed E-state index contributed by atoms with van der Waals surface area (Å²) in [6.07, 6.45) is 0.868. The van der Waals surface area contributed by atoms with Crippen molar-refractivity contribution >= 4 is 28.6 Å². The van der Waals surface area contributed by atoms with Crippen molar-refractivity contribution in [2.24, 2.45) is 4.99 Å². The third kappa shape index (κ3) is 4.62. The van der Waals surface area contributed by atoms with Crippen LogP contribution in [0.5, 0.6) is 5.75 Å². The highest BCUT2D eigenvalue weighted by atomic mass is 32.2. The summed E-state index contributed by atoms with van der Waals surface area (Å²) in [6.45, 7) is 2.96. The van der Waals surface area contributed by atoms with Gasteiger partial charge in [0.05, 0.1) is 24.4 Å². The van der Waals surface area contributed by atoms with Crippen LogP contribution in [0.25, 0.3) is 0 Å². The van der Waals surface area contributed by atoms with Crippen LogP contribution < -0.4 is 4.74 Å². The maximum atomic E-state index is 5.23. The summed E-state index contributed by atoms with van der Waals surface area (Å²) in [6, 6.07) is 18.6. The van der Waals surface area contributed by atoms with E-state index in [0.29, 0.717) is 5.25 Å². The first-order chi connectivity index (χ1) is 13.7. The normalized spacial score (nSPS) is 16.2. The number of ether oxygens (including phenoxy) is 1. The molecule has 0 spiro atoms. The van der Waals surface area contributed by atoms with Crippen LogP contribution in [0.3, 0.4) is 0 Å². The van der Waals surface area contributed by atoms with E-state index in [1.165, 1.54) is 5.56 Å². The summed E-state index contributed by atoms with van der Waals surface area (Å²) in [4.78, 5) is 13.0. The molecule has 0 radical (unpaired) electrons. The Hall–Kier alpha value is -2.18. The number of aromatic nitrogens is 2. The van der Waals surface area contributed by atoms with E-state index in [1.807, 2.05) is 30.0 Å². The van der Waals surface area contributed by atoms with E-state index < -0.39 is 0 Å². The lowest BCUT2D eigenvalue weighted by molar-refractivity contribution is 0.415. The van der Waals surface area contributed by atoms with E-state index in [0.717, 1.165) is 51.6 Å². The second kappa shape index (κ2) is 8.88. The number of nitrogens with one attached hydrogen (secondary N) is 1.